The third kappa shape index (κ3) is 4.98. The van der Waals surface area contributed by atoms with E-state index in [4.69, 9.17) is 0 Å². The van der Waals surface area contributed by atoms with Crippen LogP contribution in [0.15, 0.2) is 0 Å². The summed E-state index contributed by atoms with van der Waals surface area (Å²) in [5.74, 6) is 0.706. The molecule has 3 nitrogen and oxygen atoms in total. The van der Waals surface area contributed by atoms with Gasteiger partial charge in [0.1, 0.15) is 0 Å². The first kappa shape index (κ1) is 13.0. The van der Waals surface area contributed by atoms with Gasteiger partial charge in [-0.05, 0) is 19.8 Å². The predicted molar refractivity (Wildman–Crippen MR) is 63.8 cm³/mol. The molecule has 90 valence electrons. The van der Waals surface area contributed by atoms with Crippen molar-refractivity contribution >= 4 is 9.84 Å². The summed E-state index contributed by atoms with van der Waals surface area (Å²) < 4.78 is 22.5. The van der Waals surface area contributed by atoms with E-state index in [9.17, 15) is 8.42 Å². The lowest BCUT2D eigenvalue weighted by Crippen LogP contribution is -2.37. The van der Waals surface area contributed by atoms with Gasteiger partial charge in [0.05, 0.1) is 11.5 Å². The first-order valence-electron chi connectivity index (χ1n) is 6.00. The highest BCUT2D eigenvalue weighted by Crippen LogP contribution is 2.13. The van der Waals surface area contributed by atoms with Gasteiger partial charge in [-0.1, -0.05) is 26.2 Å². The molecule has 1 rings (SSSR count). The fourth-order valence-electron chi connectivity index (χ4n) is 2.11. The molecule has 0 radical (unpaired) electrons. The normalized spacial score (nSPS) is 26.7. The number of hydrogen-bond acceptors (Lipinski definition) is 3. The Balaban J connectivity index is 2.19. The molecule has 1 heterocycles. The highest BCUT2D eigenvalue weighted by molar-refractivity contribution is 7.91. The number of sulfone groups is 1. The van der Waals surface area contributed by atoms with Gasteiger partial charge in [0.2, 0.25) is 0 Å². The van der Waals surface area contributed by atoms with Crippen molar-refractivity contribution < 1.29 is 8.42 Å². The Morgan fingerprint density at radius 2 is 2.13 bits per heavy atom. The van der Waals surface area contributed by atoms with Crippen LogP contribution < -0.4 is 5.32 Å². The number of rotatable bonds is 6. The van der Waals surface area contributed by atoms with Crippen LogP contribution in [0.3, 0.4) is 0 Å². The zero-order valence-corrected chi connectivity index (χ0v) is 10.6. The summed E-state index contributed by atoms with van der Waals surface area (Å²) in [5, 5.41) is 3.41. The molecule has 1 fully saturated rings. The maximum absolute atomic E-state index is 11.2. The van der Waals surface area contributed by atoms with Crippen molar-refractivity contribution in [1.29, 1.82) is 0 Å². The second kappa shape index (κ2) is 5.85. The summed E-state index contributed by atoms with van der Waals surface area (Å²) in [6.07, 6.45) is 5.70. The SMILES string of the molecule is CCCCC[C@@H](C)N[C@H]1CCS(=O)(=O)C1. The van der Waals surface area contributed by atoms with Crippen molar-refractivity contribution in [3.05, 3.63) is 0 Å². The van der Waals surface area contributed by atoms with Crippen LogP contribution in [-0.2, 0) is 9.84 Å². The third-order valence-electron chi connectivity index (χ3n) is 2.99. The highest BCUT2D eigenvalue weighted by Gasteiger charge is 2.28. The maximum Gasteiger partial charge on any atom is 0.151 e. The van der Waals surface area contributed by atoms with Crippen LogP contribution in [0.2, 0.25) is 0 Å². The van der Waals surface area contributed by atoms with Crippen LogP contribution in [0.5, 0.6) is 0 Å². The highest BCUT2D eigenvalue weighted by atomic mass is 32.2. The fourth-order valence-corrected chi connectivity index (χ4v) is 3.80. The molecule has 1 saturated heterocycles. The summed E-state index contributed by atoms with van der Waals surface area (Å²) in [6, 6.07) is 0.654. The average molecular weight is 233 g/mol. The van der Waals surface area contributed by atoms with Crippen LogP contribution in [0.25, 0.3) is 0 Å². The Morgan fingerprint density at radius 1 is 1.40 bits per heavy atom. The van der Waals surface area contributed by atoms with Crippen LogP contribution in [-0.4, -0.2) is 32.0 Å². The molecular weight excluding hydrogens is 210 g/mol. The van der Waals surface area contributed by atoms with Crippen LogP contribution in [0, 0.1) is 0 Å². The second-order valence-electron chi connectivity index (χ2n) is 4.66. The molecule has 0 amide bonds. The van der Waals surface area contributed by atoms with Gasteiger partial charge in [-0.15, -0.1) is 0 Å². The molecule has 15 heavy (non-hydrogen) atoms. The van der Waals surface area contributed by atoms with E-state index in [0.717, 1.165) is 12.8 Å². The van der Waals surface area contributed by atoms with E-state index in [2.05, 4.69) is 19.2 Å². The van der Waals surface area contributed by atoms with Crippen LogP contribution in [0.1, 0.15) is 46.0 Å². The van der Waals surface area contributed by atoms with Gasteiger partial charge < -0.3 is 5.32 Å². The van der Waals surface area contributed by atoms with Gasteiger partial charge in [0, 0.05) is 12.1 Å². The van der Waals surface area contributed by atoms with Gasteiger partial charge >= 0.3 is 0 Å². The van der Waals surface area contributed by atoms with E-state index in [1.807, 2.05) is 0 Å². The molecule has 2 atom stereocenters. The zero-order valence-electron chi connectivity index (χ0n) is 9.83. The van der Waals surface area contributed by atoms with Crippen LogP contribution >= 0.6 is 0 Å². The van der Waals surface area contributed by atoms with Gasteiger partial charge in [0.15, 0.2) is 9.84 Å². The molecule has 4 heteroatoms. The Bertz CT molecular complexity index is 274. The van der Waals surface area contributed by atoms with Crippen LogP contribution in [0.4, 0.5) is 0 Å². The van der Waals surface area contributed by atoms with E-state index in [1.165, 1.54) is 19.3 Å². The van der Waals surface area contributed by atoms with E-state index < -0.39 is 9.84 Å². The second-order valence-corrected chi connectivity index (χ2v) is 6.89. The van der Waals surface area contributed by atoms with Crippen molar-refractivity contribution in [2.75, 3.05) is 11.5 Å². The molecule has 0 aromatic heterocycles. The summed E-state index contributed by atoms with van der Waals surface area (Å²) >= 11 is 0. The predicted octanol–water partition coefficient (Wildman–Crippen LogP) is 1.73. The molecule has 1 N–H and O–H groups in total. The van der Waals surface area contributed by atoms with E-state index >= 15 is 0 Å². The molecule has 0 aromatic rings. The average Bonchev–Trinajstić information content (AvgIpc) is 2.46. The summed E-state index contributed by atoms with van der Waals surface area (Å²) in [7, 11) is -2.73. The van der Waals surface area contributed by atoms with Gasteiger partial charge in [-0.25, -0.2) is 8.42 Å². The largest absolute Gasteiger partial charge is 0.310 e. The number of nitrogens with one attached hydrogen (secondary N) is 1. The molecule has 0 aliphatic carbocycles. The van der Waals surface area contributed by atoms with Crippen molar-refractivity contribution in [2.45, 2.75) is 58.0 Å². The number of hydrogen-bond donors (Lipinski definition) is 1. The van der Waals surface area contributed by atoms with Crippen molar-refractivity contribution in [3.63, 3.8) is 0 Å². The lowest BCUT2D eigenvalue weighted by molar-refractivity contribution is 0.435. The molecular formula is C11H23NO2S. The minimum atomic E-state index is -2.73. The van der Waals surface area contributed by atoms with Crippen molar-refractivity contribution in [1.82, 2.24) is 5.32 Å². The summed E-state index contributed by atoms with van der Waals surface area (Å²) in [5.41, 5.74) is 0. The quantitative estimate of drug-likeness (QED) is 0.711. The molecule has 1 aliphatic heterocycles. The summed E-state index contributed by atoms with van der Waals surface area (Å²) in [6.45, 7) is 4.35. The Morgan fingerprint density at radius 3 is 2.67 bits per heavy atom. The lowest BCUT2D eigenvalue weighted by atomic mass is 10.1. The standard InChI is InChI=1S/C11H23NO2S/c1-3-4-5-6-10(2)12-11-7-8-15(13,14)9-11/h10-12H,3-9H2,1-2H3/t10-,11+/m1/s1. The molecule has 0 bridgehead atoms. The fraction of sp³-hybridized carbons (Fsp3) is 1.00. The smallest absolute Gasteiger partial charge is 0.151 e. The first-order chi connectivity index (χ1) is 7.03. The first-order valence-corrected chi connectivity index (χ1v) is 7.82. The van der Waals surface area contributed by atoms with Gasteiger partial charge in [-0.2, -0.15) is 0 Å². The monoisotopic (exact) mass is 233 g/mol. The third-order valence-corrected chi connectivity index (χ3v) is 4.76. The molecule has 0 unspecified atom stereocenters. The minimum absolute atomic E-state index is 0.201. The number of unbranched alkanes of at least 4 members (excludes halogenated alkanes) is 2. The Labute approximate surface area is 93.6 Å². The van der Waals surface area contributed by atoms with Gasteiger partial charge in [-0.3, -0.25) is 0 Å². The van der Waals surface area contributed by atoms with E-state index in [0.29, 0.717) is 17.5 Å². The Kier molecular flexibility index (Phi) is 5.06. The minimum Gasteiger partial charge on any atom is -0.310 e. The maximum atomic E-state index is 11.2. The van der Waals surface area contributed by atoms with E-state index in [1.54, 1.807) is 0 Å². The molecule has 0 saturated carbocycles. The summed E-state index contributed by atoms with van der Waals surface area (Å²) in [4.78, 5) is 0. The van der Waals surface area contributed by atoms with Crippen molar-refractivity contribution in [2.24, 2.45) is 0 Å². The molecule has 0 spiro atoms. The Hall–Kier alpha value is -0.0900. The topological polar surface area (TPSA) is 46.2 Å². The molecule has 1 aliphatic rings. The molecule has 0 aromatic carbocycles. The zero-order chi connectivity index (χ0) is 11.3. The van der Waals surface area contributed by atoms with Gasteiger partial charge in [0.25, 0.3) is 0 Å². The van der Waals surface area contributed by atoms with Crippen molar-refractivity contribution in [3.8, 4) is 0 Å². The van der Waals surface area contributed by atoms with E-state index in [-0.39, 0.29) is 6.04 Å². The lowest BCUT2D eigenvalue weighted by Gasteiger charge is -2.18.